The number of carbonyl (C=O) groups excluding carboxylic acids is 2. The number of nitrogens with one attached hydrogen (secondary N) is 2. The van der Waals surface area contributed by atoms with Crippen LogP contribution < -0.4 is 10.6 Å². The summed E-state index contributed by atoms with van der Waals surface area (Å²) < 4.78 is 0. The number of rotatable bonds is 15. The molecule has 1 atom stereocenters. The lowest BCUT2D eigenvalue weighted by Crippen LogP contribution is -2.44. The minimum atomic E-state index is -0.973. The first-order valence-corrected chi connectivity index (χ1v) is 8.22. The number of unbranched alkanes of at least 4 members (excludes halogenated alkanes) is 8. The number of aldehydes is 1. The van der Waals surface area contributed by atoms with Crippen molar-refractivity contribution in [3.63, 3.8) is 0 Å². The third kappa shape index (κ3) is 12.3. The molecule has 0 spiro atoms. The summed E-state index contributed by atoms with van der Waals surface area (Å²) >= 11 is 0. The van der Waals surface area contributed by atoms with Crippen LogP contribution in [0.5, 0.6) is 0 Å². The van der Waals surface area contributed by atoms with E-state index in [2.05, 4.69) is 10.6 Å². The Morgan fingerprint density at radius 3 is 2.05 bits per heavy atom. The molecule has 0 aliphatic carbocycles. The molecule has 3 N–H and O–H groups in total. The summed E-state index contributed by atoms with van der Waals surface area (Å²) in [6.07, 6.45) is 10.5. The smallest absolute Gasteiger partial charge is 0.326 e. The van der Waals surface area contributed by atoms with Crippen molar-refractivity contribution >= 4 is 18.2 Å². The Kier molecular flexibility index (Phi) is 13.6. The molecule has 0 rings (SSSR count). The van der Waals surface area contributed by atoms with Crippen LogP contribution in [0.25, 0.3) is 0 Å². The lowest BCUT2D eigenvalue weighted by Gasteiger charge is -2.14. The molecule has 0 aromatic carbocycles. The van der Waals surface area contributed by atoms with Gasteiger partial charge in [-0.25, -0.2) is 4.79 Å². The normalized spacial score (nSPS) is 11.9. The first-order chi connectivity index (χ1) is 10.6. The predicted octanol–water partition coefficient (Wildman–Crippen LogP) is 1.88. The second kappa shape index (κ2) is 14.5. The Labute approximate surface area is 133 Å². The van der Waals surface area contributed by atoms with Crippen molar-refractivity contribution < 1.29 is 19.5 Å². The van der Waals surface area contributed by atoms with Gasteiger partial charge in [0.15, 0.2) is 0 Å². The fraction of sp³-hybridized carbons (Fsp3) is 0.812. The van der Waals surface area contributed by atoms with Gasteiger partial charge in [0.1, 0.15) is 12.3 Å². The zero-order chi connectivity index (χ0) is 16.6. The van der Waals surface area contributed by atoms with E-state index in [1.807, 2.05) is 0 Å². The summed E-state index contributed by atoms with van der Waals surface area (Å²) in [6, 6.07) is -0.788. The summed E-state index contributed by atoms with van der Waals surface area (Å²) in [7, 11) is 1.65. The molecule has 0 radical (unpaired) electrons. The molecule has 0 bridgehead atoms. The van der Waals surface area contributed by atoms with Crippen molar-refractivity contribution in [3.8, 4) is 0 Å². The number of carboxylic acid groups (broad SMARTS) is 1. The molecule has 0 saturated heterocycles. The average Bonchev–Trinajstić information content (AvgIpc) is 2.48. The lowest BCUT2D eigenvalue weighted by molar-refractivity contribution is -0.141. The van der Waals surface area contributed by atoms with E-state index >= 15 is 0 Å². The highest BCUT2D eigenvalue weighted by atomic mass is 16.4. The zero-order valence-electron chi connectivity index (χ0n) is 13.6. The summed E-state index contributed by atoms with van der Waals surface area (Å²) in [6.45, 7) is 0.133. The van der Waals surface area contributed by atoms with Crippen molar-refractivity contribution in [2.75, 3.05) is 13.6 Å². The highest BCUT2D eigenvalue weighted by Gasteiger charge is 2.18. The first kappa shape index (κ1) is 20.6. The van der Waals surface area contributed by atoms with Crippen LogP contribution in [0.3, 0.4) is 0 Å². The number of aliphatic carboxylic acids is 1. The quantitative estimate of drug-likeness (QED) is 0.317. The van der Waals surface area contributed by atoms with E-state index in [-0.39, 0.29) is 12.5 Å². The predicted molar refractivity (Wildman–Crippen MR) is 85.7 cm³/mol. The van der Waals surface area contributed by atoms with E-state index in [4.69, 9.17) is 5.11 Å². The van der Waals surface area contributed by atoms with Crippen molar-refractivity contribution in [1.82, 2.24) is 10.6 Å². The molecule has 22 heavy (non-hydrogen) atoms. The molecule has 128 valence electrons. The average molecular weight is 314 g/mol. The molecule has 0 aromatic heterocycles. The Morgan fingerprint density at radius 2 is 1.55 bits per heavy atom. The van der Waals surface area contributed by atoms with Gasteiger partial charge in [0.2, 0.25) is 5.91 Å². The van der Waals surface area contributed by atoms with Gasteiger partial charge in [-0.15, -0.1) is 0 Å². The topological polar surface area (TPSA) is 95.5 Å². The second-order valence-corrected chi connectivity index (χ2v) is 5.56. The van der Waals surface area contributed by atoms with E-state index in [9.17, 15) is 14.4 Å². The molecule has 6 nitrogen and oxygen atoms in total. The SMILES string of the molecule is CNCC(=O)NC(CCCCCCCCCCC=O)C(=O)O. The summed E-state index contributed by atoms with van der Waals surface area (Å²) in [5.74, 6) is -1.26. The van der Waals surface area contributed by atoms with Gasteiger partial charge in [-0.3, -0.25) is 4.79 Å². The summed E-state index contributed by atoms with van der Waals surface area (Å²) in [5.41, 5.74) is 0. The highest BCUT2D eigenvalue weighted by Crippen LogP contribution is 2.11. The van der Waals surface area contributed by atoms with Crippen molar-refractivity contribution in [3.05, 3.63) is 0 Å². The summed E-state index contributed by atoms with van der Waals surface area (Å²) in [4.78, 5) is 32.6. The maximum Gasteiger partial charge on any atom is 0.326 e. The first-order valence-electron chi connectivity index (χ1n) is 8.22. The Hall–Kier alpha value is -1.43. The fourth-order valence-corrected chi connectivity index (χ4v) is 2.30. The van der Waals surface area contributed by atoms with Crippen molar-refractivity contribution in [1.29, 1.82) is 0 Å². The van der Waals surface area contributed by atoms with Crippen LogP contribution in [0.2, 0.25) is 0 Å². The molecule has 0 heterocycles. The van der Waals surface area contributed by atoms with Gasteiger partial charge in [0, 0.05) is 6.42 Å². The molecule has 0 aliphatic rings. The number of carboxylic acids is 1. The van der Waals surface area contributed by atoms with Gasteiger partial charge >= 0.3 is 5.97 Å². The monoisotopic (exact) mass is 314 g/mol. The molecule has 1 amide bonds. The van der Waals surface area contributed by atoms with Crippen LogP contribution in [0, 0.1) is 0 Å². The number of hydrogen-bond acceptors (Lipinski definition) is 4. The molecule has 0 saturated carbocycles. The Morgan fingerprint density at radius 1 is 1.00 bits per heavy atom. The van der Waals surface area contributed by atoms with Crippen LogP contribution in [0.15, 0.2) is 0 Å². The minimum absolute atomic E-state index is 0.133. The third-order valence-electron chi connectivity index (χ3n) is 3.54. The van der Waals surface area contributed by atoms with Crippen molar-refractivity contribution in [2.24, 2.45) is 0 Å². The maximum atomic E-state index is 11.4. The second-order valence-electron chi connectivity index (χ2n) is 5.56. The van der Waals surface area contributed by atoms with Crippen molar-refractivity contribution in [2.45, 2.75) is 70.3 Å². The van der Waals surface area contributed by atoms with E-state index < -0.39 is 12.0 Å². The van der Waals surface area contributed by atoms with E-state index in [1.165, 1.54) is 6.42 Å². The molecule has 1 unspecified atom stereocenters. The van der Waals surface area contributed by atoms with Crippen LogP contribution >= 0.6 is 0 Å². The molecule has 0 aliphatic heterocycles. The third-order valence-corrected chi connectivity index (χ3v) is 3.54. The lowest BCUT2D eigenvalue weighted by atomic mass is 10.0. The zero-order valence-corrected chi connectivity index (χ0v) is 13.6. The van der Waals surface area contributed by atoms with Gasteiger partial charge in [0.05, 0.1) is 6.54 Å². The molecular weight excluding hydrogens is 284 g/mol. The van der Waals surface area contributed by atoms with E-state index in [1.54, 1.807) is 7.05 Å². The number of carbonyl (C=O) groups is 3. The number of hydrogen-bond donors (Lipinski definition) is 3. The van der Waals surface area contributed by atoms with Gasteiger partial charge in [-0.05, 0) is 19.9 Å². The molecular formula is C16H30N2O4. The Bertz CT molecular complexity index is 321. The number of likely N-dealkylation sites (N-methyl/N-ethyl adjacent to an activating group) is 1. The largest absolute Gasteiger partial charge is 0.480 e. The fourth-order valence-electron chi connectivity index (χ4n) is 2.30. The summed E-state index contributed by atoms with van der Waals surface area (Å²) in [5, 5.41) is 14.3. The Balaban J connectivity index is 3.58. The highest BCUT2D eigenvalue weighted by molar-refractivity contribution is 5.84. The van der Waals surface area contributed by atoms with Gasteiger partial charge < -0.3 is 20.5 Å². The van der Waals surface area contributed by atoms with E-state index in [0.29, 0.717) is 12.8 Å². The van der Waals surface area contributed by atoms with E-state index in [0.717, 1.165) is 51.2 Å². The van der Waals surface area contributed by atoms with Crippen LogP contribution in [0.1, 0.15) is 64.2 Å². The van der Waals surface area contributed by atoms with Gasteiger partial charge in [-0.1, -0.05) is 44.9 Å². The van der Waals surface area contributed by atoms with Crippen LogP contribution in [0.4, 0.5) is 0 Å². The maximum absolute atomic E-state index is 11.4. The van der Waals surface area contributed by atoms with Crippen LogP contribution in [-0.4, -0.2) is 42.9 Å². The minimum Gasteiger partial charge on any atom is -0.480 e. The molecule has 0 aromatic rings. The van der Waals surface area contributed by atoms with Gasteiger partial charge in [-0.2, -0.15) is 0 Å². The van der Waals surface area contributed by atoms with Crippen LogP contribution in [-0.2, 0) is 14.4 Å². The van der Waals surface area contributed by atoms with Gasteiger partial charge in [0.25, 0.3) is 0 Å². The standard InChI is InChI=1S/C16H30N2O4/c1-17-13-15(20)18-14(16(21)22)11-9-7-5-3-2-4-6-8-10-12-19/h12,14,17H,2-11,13H2,1H3,(H,18,20)(H,21,22). The molecule has 0 fully saturated rings. The molecule has 6 heteroatoms. The number of amides is 1.